The van der Waals surface area contributed by atoms with Crippen LogP contribution in [0.2, 0.25) is 0 Å². The summed E-state index contributed by atoms with van der Waals surface area (Å²) in [5.74, 6) is 0.228. The van der Waals surface area contributed by atoms with E-state index < -0.39 is 10.0 Å². The summed E-state index contributed by atoms with van der Waals surface area (Å²) in [6.07, 6.45) is -0.0949. The Morgan fingerprint density at radius 2 is 2.15 bits per heavy atom. The number of rotatable bonds is 3. The van der Waals surface area contributed by atoms with Gasteiger partial charge in [-0.3, -0.25) is 0 Å². The highest BCUT2D eigenvalue weighted by Gasteiger charge is 2.35. The average molecular weight is 302 g/mol. The average Bonchev–Trinajstić information content (AvgIpc) is 2.73. The van der Waals surface area contributed by atoms with Gasteiger partial charge in [0.1, 0.15) is 5.75 Å². The molecule has 0 saturated carbocycles. The molecule has 1 atom stereocenters. The summed E-state index contributed by atoms with van der Waals surface area (Å²) in [6.45, 7) is 9.12. The molecule has 0 radical (unpaired) electrons. The van der Waals surface area contributed by atoms with Crippen molar-refractivity contribution in [1.29, 1.82) is 0 Å². The Balaban J connectivity index is 2.09. The Labute approximate surface area is 120 Å². The molecule has 1 aromatic rings. The van der Waals surface area contributed by atoms with Crippen molar-refractivity contribution in [2.75, 3.05) is 19.7 Å². The van der Waals surface area contributed by atoms with E-state index in [1.165, 1.54) is 4.31 Å². The first kappa shape index (κ1) is 15.5. The third-order valence-electron chi connectivity index (χ3n) is 3.39. The smallest absolute Gasteiger partial charge is 0.221 e. The zero-order chi connectivity index (χ0) is 15.0. The van der Waals surface area contributed by atoms with Gasteiger partial charge in [0.25, 0.3) is 0 Å². The zero-order valence-electron chi connectivity index (χ0n) is 12.4. The van der Waals surface area contributed by atoms with Crippen LogP contribution in [-0.2, 0) is 20.5 Å². The van der Waals surface area contributed by atoms with Crippen LogP contribution < -0.4 is 0 Å². The monoisotopic (exact) mass is 302 g/mol. The molecule has 6 nitrogen and oxygen atoms in total. The fourth-order valence-corrected chi connectivity index (χ4v) is 3.55. The molecule has 1 aliphatic rings. The first-order chi connectivity index (χ1) is 9.18. The van der Waals surface area contributed by atoms with E-state index in [4.69, 9.17) is 9.26 Å². The maximum Gasteiger partial charge on any atom is 0.221 e. The summed E-state index contributed by atoms with van der Waals surface area (Å²) < 4.78 is 37.0. The molecule has 1 unspecified atom stereocenters. The van der Waals surface area contributed by atoms with E-state index in [0.717, 1.165) is 0 Å². The number of sulfonamides is 1. The predicted octanol–water partition coefficient (Wildman–Crippen LogP) is 1.56. The number of hydrogen-bond acceptors (Lipinski definition) is 5. The van der Waals surface area contributed by atoms with Crippen molar-refractivity contribution in [3.63, 3.8) is 0 Å². The van der Waals surface area contributed by atoms with Crippen LogP contribution in [-0.4, -0.2) is 43.7 Å². The summed E-state index contributed by atoms with van der Waals surface area (Å²) in [5, 5.41) is 3.72. The Morgan fingerprint density at radius 3 is 2.70 bits per heavy atom. The lowest BCUT2D eigenvalue weighted by Gasteiger charge is -2.38. The molecule has 20 heavy (non-hydrogen) atoms. The van der Waals surface area contributed by atoms with Crippen molar-refractivity contribution >= 4 is 10.0 Å². The van der Waals surface area contributed by atoms with E-state index in [1.807, 2.05) is 20.8 Å². The number of nitrogens with zero attached hydrogens (tertiary/aromatic N) is 2. The number of aromatic nitrogens is 1. The maximum atomic E-state index is 12.4. The largest absolute Gasteiger partial charge is 0.375 e. The Hall–Kier alpha value is -0.920. The van der Waals surface area contributed by atoms with Crippen LogP contribution in [0.1, 0.15) is 32.2 Å². The molecule has 114 valence electrons. The molecule has 1 saturated heterocycles. The van der Waals surface area contributed by atoms with Crippen LogP contribution >= 0.6 is 0 Å². The lowest BCUT2D eigenvalue weighted by atomic mass is 9.88. The van der Waals surface area contributed by atoms with Gasteiger partial charge in [0.05, 0.1) is 18.4 Å². The van der Waals surface area contributed by atoms with Gasteiger partial charge in [0.15, 0.2) is 5.76 Å². The van der Waals surface area contributed by atoms with Crippen molar-refractivity contribution in [2.24, 2.45) is 5.41 Å². The molecule has 0 aliphatic carbocycles. The van der Waals surface area contributed by atoms with Crippen LogP contribution in [0, 0.1) is 12.3 Å². The summed E-state index contributed by atoms with van der Waals surface area (Å²) in [7, 11) is -3.40. The minimum Gasteiger partial charge on any atom is -0.375 e. The Morgan fingerprint density at radius 1 is 1.45 bits per heavy atom. The van der Waals surface area contributed by atoms with Gasteiger partial charge in [-0.25, -0.2) is 8.42 Å². The van der Waals surface area contributed by atoms with E-state index in [-0.39, 0.29) is 17.3 Å². The third-order valence-corrected chi connectivity index (χ3v) is 5.16. The van der Waals surface area contributed by atoms with Crippen molar-refractivity contribution in [2.45, 2.75) is 39.6 Å². The molecule has 2 heterocycles. The van der Waals surface area contributed by atoms with Crippen LogP contribution in [0.3, 0.4) is 0 Å². The van der Waals surface area contributed by atoms with Gasteiger partial charge in [0.2, 0.25) is 10.0 Å². The highest BCUT2D eigenvalue weighted by Crippen LogP contribution is 2.27. The van der Waals surface area contributed by atoms with E-state index in [9.17, 15) is 8.42 Å². The summed E-state index contributed by atoms with van der Waals surface area (Å²) in [5.41, 5.74) is 0.599. The van der Waals surface area contributed by atoms with Crippen molar-refractivity contribution in [3.05, 3.63) is 17.5 Å². The second-order valence-corrected chi connectivity index (χ2v) is 8.24. The molecule has 0 bridgehead atoms. The molecular formula is C13H22N2O4S. The normalized spacial score (nSPS) is 22.1. The minimum atomic E-state index is -3.40. The topological polar surface area (TPSA) is 72.6 Å². The van der Waals surface area contributed by atoms with E-state index in [2.05, 4.69) is 5.16 Å². The van der Waals surface area contributed by atoms with Gasteiger partial charge in [-0.15, -0.1) is 0 Å². The molecule has 1 aromatic heterocycles. The standard InChI is InChI=1S/C13H22N2O4S/c1-10-7-11(19-14-10)9-20(16,17)15-5-6-18-12(8-15)13(2,3)4/h7,12H,5-6,8-9H2,1-4H3. The summed E-state index contributed by atoms with van der Waals surface area (Å²) in [4.78, 5) is 0. The summed E-state index contributed by atoms with van der Waals surface area (Å²) in [6, 6.07) is 1.65. The fourth-order valence-electron chi connectivity index (χ4n) is 2.16. The van der Waals surface area contributed by atoms with E-state index in [1.54, 1.807) is 13.0 Å². The predicted molar refractivity (Wildman–Crippen MR) is 74.6 cm³/mol. The van der Waals surface area contributed by atoms with Gasteiger partial charge >= 0.3 is 0 Å². The molecule has 0 aromatic carbocycles. The molecule has 0 spiro atoms. The van der Waals surface area contributed by atoms with Gasteiger partial charge in [0, 0.05) is 19.2 Å². The SMILES string of the molecule is Cc1cc(CS(=O)(=O)N2CCOC(C(C)(C)C)C2)on1. The Bertz CT molecular complexity index is 559. The van der Waals surface area contributed by atoms with Crippen molar-refractivity contribution < 1.29 is 17.7 Å². The minimum absolute atomic E-state index is 0.0863. The number of aryl methyl sites for hydroxylation is 1. The molecule has 7 heteroatoms. The summed E-state index contributed by atoms with van der Waals surface area (Å²) >= 11 is 0. The fraction of sp³-hybridized carbons (Fsp3) is 0.769. The van der Waals surface area contributed by atoms with Crippen molar-refractivity contribution in [3.8, 4) is 0 Å². The first-order valence-electron chi connectivity index (χ1n) is 6.70. The van der Waals surface area contributed by atoms with Crippen LogP contribution in [0.4, 0.5) is 0 Å². The van der Waals surface area contributed by atoms with Gasteiger partial charge in [-0.1, -0.05) is 25.9 Å². The van der Waals surface area contributed by atoms with E-state index in [0.29, 0.717) is 31.2 Å². The second-order valence-electron chi connectivity index (χ2n) is 6.27. The van der Waals surface area contributed by atoms with Crippen LogP contribution in [0.15, 0.2) is 10.6 Å². The van der Waals surface area contributed by atoms with Crippen LogP contribution in [0.25, 0.3) is 0 Å². The highest BCUT2D eigenvalue weighted by atomic mass is 32.2. The quantitative estimate of drug-likeness (QED) is 0.847. The molecule has 1 aliphatic heterocycles. The van der Waals surface area contributed by atoms with Gasteiger partial charge in [-0.05, 0) is 12.3 Å². The number of ether oxygens (including phenoxy) is 1. The van der Waals surface area contributed by atoms with E-state index >= 15 is 0 Å². The molecule has 1 fully saturated rings. The van der Waals surface area contributed by atoms with Gasteiger partial charge < -0.3 is 9.26 Å². The number of hydrogen-bond donors (Lipinski definition) is 0. The zero-order valence-corrected chi connectivity index (χ0v) is 13.2. The molecular weight excluding hydrogens is 280 g/mol. The third kappa shape index (κ3) is 3.59. The number of morpholine rings is 1. The molecule has 2 rings (SSSR count). The molecule has 0 amide bonds. The Kier molecular flexibility index (Phi) is 4.22. The van der Waals surface area contributed by atoms with Gasteiger partial charge in [-0.2, -0.15) is 4.31 Å². The first-order valence-corrected chi connectivity index (χ1v) is 8.31. The van der Waals surface area contributed by atoms with Crippen molar-refractivity contribution in [1.82, 2.24) is 9.46 Å². The second kappa shape index (κ2) is 5.46. The lowest BCUT2D eigenvalue weighted by molar-refractivity contribution is -0.0591. The maximum absolute atomic E-state index is 12.4. The van der Waals surface area contributed by atoms with Crippen LogP contribution in [0.5, 0.6) is 0 Å². The molecule has 0 N–H and O–H groups in total. The lowest BCUT2D eigenvalue weighted by Crippen LogP contribution is -2.50. The highest BCUT2D eigenvalue weighted by molar-refractivity contribution is 7.88.